The fourth-order valence-corrected chi connectivity index (χ4v) is 2.45. The molecule has 0 aliphatic carbocycles. The molecule has 5 heteroatoms. The van der Waals surface area contributed by atoms with Crippen LogP contribution in [0.1, 0.15) is 16.7 Å². The van der Waals surface area contributed by atoms with Gasteiger partial charge in [0.15, 0.2) is 5.96 Å². The van der Waals surface area contributed by atoms with E-state index >= 15 is 0 Å². The highest BCUT2D eigenvalue weighted by Crippen LogP contribution is 2.09. The van der Waals surface area contributed by atoms with Gasteiger partial charge in [-0.2, -0.15) is 0 Å². The number of benzene rings is 2. The molecule has 0 saturated heterocycles. The SMILES string of the molecule is CN=C(NCc1ccc(NCCOC)cc1)NCc1cccc(C)c1. The fraction of sp³-hybridized carbons (Fsp3) is 0.350. The molecule has 3 N–H and O–H groups in total. The number of nitrogens with zero attached hydrogens (tertiary/aromatic N) is 1. The summed E-state index contributed by atoms with van der Waals surface area (Å²) in [6, 6.07) is 16.8. The van der Waals surface area contributed by atoms with E-state index in [2.05, 4.69) is 76.4 Å². The molecule has 5 nitrogen and oxygen atoms in total. The summed E-state index contributed by atoms with van der Waals surface area (Å²) in [4.78, 5) is 4.28. The second kappa shape index (κ2) is 10.4. The zero-order valence-corrected chi connectivity index (χ0v) is 15.3. The quantitative estimate of drug-likeness (QED) is 0.393. The highest BCUT2D eigenvalue weighted by molar-refractivity contribution is 5.79. The van der Waals surface area contributed by atoms with Crippen LogP contribution in [0, 0.1) is 6.92 Å². The van der Waals surface area contributed by atoms with Crippen LogP contribution in [0.4, 0.5) is 5.69 Å². The van der Waals surface area contributed by atoms with Crippen molar-refractivity contribution in [1.82, 2.24) is 10.6 Å². The standard InChI is InChI=1S/C20H28N4O/c1-16-5-4-6-18(13-16)15-24-20(21-2)23-14-17-7-9-19(10-8-17)22-11-12-25-3/h4-10,13,22H,11-12,14-15H2,1-3H3,(H2,21,23,24). The van der Waals surface area contributed by atoms with Gasteiger partial charge in [-0.3, -0.25) is 4.99 Å². The number of anilines is 1. The maximum atomic E-state index is 5.03. The van der Waals surface area contributed by atoms with Gasteiger partial charge in [-0.05, 0) is 30.2 Å². The molecule has 134 valence electrons. The number of aryl methyl sites for hydroxylation is 1. The topological polar surface area (TPSA) is 57.7 Å². The third-order valence-electron chi connectivity index (χ3n) is 3.82. The van der Waals surface area contributed by atoms with Crippen LogP contribution in [0.25, 0.3) is 0 Å². The van der Waals surface area contributed by atoms with Crippen LogP contribution < -0.4 is 16.0 Å². The highest BCUT2D eigenvalue weighted by Gasteiger charge is 2.00. The largest absolute Gasteiger partial charge is 0.383 e. The van der Waals surface area contributed by atoms with Crippen molar-refractivity contribution >= 4 is 11.6 Å². The average Bonchev–Trinajstić information content (AvgIpc) is 2.63. The van der Waals surface area contributed by atoms with Crippen molar-refractivity contribution in [1.29, 1.82) is 0 Å². The maximum absolute atomic E-state index is 5.03. The monoisotopic (exact) mass is 340 g/mol. The Balaban J connectivity index is 1.78. The number of nitrogens with one attached hydrogen (secondary N) is 3. The van der Waals surface area contributed by atoms with Crippen LogP contribution in [0.5, 0.6) is 0 Å². The Morgan fingerprint density at radius 2 is 1.72 bits per heavy atom. The van der Waals surface area contributed by atoms with Crippen LogP contribution in [0.2, 0.25) is 0 Å². The Morgan fingerprint density at radius 3 is 2.36 bits per heavy atom. The number of hydrogen-bond donors (Lipinski definition) is 3. The molecule has 25 heavy (non-hydrogen) atoms. The first-order valence-corrected chi connectivity index (χ1v) is 8.53. The van der Waals surface area contributed by atoms with Crippen LogP contribution in [-0.2, 0) is 17.8 Å². The molecule has 0 radical (unpaired) electrons. The van der Waals surface area contributed by atoms with E-state index < -0.39 is 0 Å². The Labute approximate surface area is 150 Å². The van der Waals surface area contributed by atoms with E-state index in [0.717, 1.165) is 31.3 Å². The third kappa shape index (κ3) is 6.85. The number of rotatable bonds is 8. The maximum Gasteiger partial charge on any atom is 0.191 e. The lowest BCUT2D eigenvalue weighted by Gasteiger charge is -2.13. The summed E-state index contributed by atoms with van der Waals surface area (Å²) < 4.78 is 5.03. The van der Waals surface area contributed by atoms with Crippen LogP contribution in [0.3, 0.4) is 0 Å². The van der Waals surface area contributed by atoms with Crippen LogP contribution in [0.15, 0.2) is 53.5 Å². The normalized spacial score (nSPS) is 11.2. The van der Waals surface area contributed by atoms with Gasteiger partial charge in [0.05, 0.1) is 6.61 Å². The van der Waals surface area contributed by atoms with Gasteiger partial charge in [-0.15, -0.1) is 0 Å². The molecule has 0 aliphatic rings. The minimum Gasteiger partial charge on any atom is -0.383 e. The summed E-state index contributed by atoms with van der Waals surface area (Å²) in [7, 11) is 3.49. The summed E-state index contributed by atoms with van der Waals surface area (Å²) in [5.41, 5.74) is 4.81. The molecule has 0 spiro atoms. The smallest absolute Gasteiger partial charge is 0.191 e. The Bertz CT molecular complexity index is 668. The summed E-state index contributed by atoms with van der Waals surface area (Å²) in [5, 5.41) is 9.99. The molecule has 2 rings (SSSR count). The van der Waals surface area contributed by atoms with E-state index in [1.807, 2.05) is 0 Å². The summed E-state index contributed by atoms with van der Waals surface area (Å²) in [6.07, 6.45) is 0. The van der Waals surface area contributed by atoms with Gasteiger partial charge in [0.25, 0.3) is 0 Å². The van der Waals surface area contributed by atoms with Gasteiger partial charge in [0, 0.05) is 39.5 Å². The predicted octanol–water partition coefficient (Wildman–Crippen LogP) is 2.92. The van der Waals surface area contributed by atoms with Crippen molar-refractivity contribution in [2.45, 2.75) is 20.0 Å². The first kappa shape index (κ1) is 18.8. The number of guanidine groups is 1. The lowest BCUT2D eigenvalue weighted by atomic mass is 10.1. The average molecular weight is 340 g/mol. The van der Waals surface area contributed by atoms with Crippen LogP contribution in [-0.4, -0.2) is 33.3 Å². The fourth-order valence-electron chi connectivity index (χ4n) is 2.45. The minimum atomic E-state index is 0.701. The molecule has 0 fully saturated rings. The molecule has 0 unspecified atom stereocenters. The van der Waals surface area contributed by atoms with Gasteiger partial charge >= 0.3 is 0 Å². The zero-order valence-electron chi connectivity index (χ0n) is 15.3. The van der Waals surface area contributed by atoms with E-state index in [1.165, 1.54) is 16.7 Å². The Kier molecular flexibility index (Phi) is 7.79. The summed E-state index contributed by atoms with van der Waals surface area (Å²) in [6.45, 7) is 5.09. The number of hydrogen-bond acceptors (Lipinski definition) is 3. The first-order valence-electron chi connectivity index (χ1n) is 8.53. The molecule has 0 amide bonds. The minimum absolute atomic E-state index is 0.701. The molecule has 2 aromatic carbocycles. The lowest BCUT2D eigenvalue weighted by Crippen LogP contribution is -2.36. The molecule has 2 aromatic rings. The molecule has 0 saturated carbocycles. The van der Waals surface area contributed by atoms with Gasteiger partial charge < -0.3 is 20.7 Å². The second-order valence-corrected chi connectivity index (χ2v) is 5.88. The molecule has 0 heterocycles. The zero-order chi connectivity index (χ0) is 17.9. The van der Waals surface area contributed by atoms with Crippen molar-refractivity contribution in [3.8, 4) is 0 Å². The molecular formula is C20H28N4O. The number of methoxy groups -OCH3 is 1. The van der Waals surface area contributed by atoms with Crippen molar-refractivity contribution < 1.29 is 4.74 Å². The van der Waals surface area contributed by atoms with Gasteiger partial charge in [-0.1, -0.05) is 42.0 Å². The van der Waals surface area contributed by atoms with E-state index in [1.54, 1.807) is 14.2 Å². The first-order chi connectivity index (χ1) is 12.2. The number of ether oxygens (including phenoxy) is 1. The third-order valence-corrected chi connectivity index (χ3v) is 3.82. The molecule has 0 aliphatic heterocycles. The van der Waals surface area contributed by atoms with Gasteiger partial charge in [0.2, 0.25) is 0 Å². The molecule has 0 bridgehead atoms. The van der Waals surface area contributed by atoms with Gasteiger partial charge in [0.1, 0.15) is 0 Å². The van der Waals surface area contributed by atoms with E-state index in [4.69, 9.17) is 4.74 Å². The van der Waals surface area contributed by atoms with E-state index in [0.29, 0.717) is 6.61 Å². The lowest BCUT2D eigenvalue weighted by molar-refractivity contribution is 0.211. The van der Waals surface area contributed by atoms with Crippen molar-refractivity contribution in [2.24, 2.45) is 4.99 Å². The second-order valence-electron chi connectivity index (χ2n) is 5.88. The molecular weight excluding hydrogens is 312 g/mol. The summed E-state index contributed by atoms with van der Waals surface area (Å²) in [5.74, 6) is 0.795. The Morgan fingerprint density at radius 1 is 1.00 bits per heavy atom. The number of aliphatic imine (C=N–C) groups is 1. The van der Waals surface area contributed by atoms with Gasteiger partial charge in [-0.25, -0.2) is 0 Å². The Hall–Kier alpha value is -2.53. The van der Waals surface area contributed by atoms with Crippen molar-refractivity contribution in [3.63, 3.8) is 0 Å². The summed E-state index contributed by atoms with van der Waals surface area (Å²) >= 11 is 0. The molecule has 0 aromatic heterocycles. The molecule has 0 atom stereocenters. The predicted molar refractivity (Wildman–Crippen MR) is 105 cm³/mol. The van der Waals surface area contributed by atoms with E-state index in [-0.39, 0.29) is 0 Å². The van der Waals surface area contributed by atoms with E-state index in [9.17, 15) is 0 Å². The highest BCUT2D eigenvalue weighted by atomic mass is 16.5. The van der Waals surface area contributed by atoms with Crippen molar-refractivity contribution in [2.75, 3.05) is 32.6 Å². The van der Waals surface area contributed by atoms with Crippen molar-refractivity contribution in [3.05, 3.63) is 65.2 Å². The van der Waals surface area contributed by atoms with Crippen LogP contribution >= 0.6 is 0 Å².